The molecule has 1 heteroatoms. The smallest absolute Gasteiger partial charge is 0.146 e. The average Bonchev–Trinajstić information content (AvgIpc) is 2.18. The molecule has 0 fully saturated rings. The minimum atomic E-state index is 0.426. The van der Waals surface area contributed by atoms with Crippen molar-refractivity contribution in [1.82, 2.24) is 0 Å². The van der Waals surface area contributed by atoms with E-state index in [0.717, 1.165) is 18.3 Å². The van der Waals surface area contributed by atoms with Gasteiger partial charge in [-0.2, -0.15) is 0 Å². The van der Waals surface area contributed by atoms with E-state index in [4.69, 9.17) is 0 Å². The molecule has 2 aliphatic rings. The molecule has 0 aromatic rings. The van der Waals surface area contributed by atoms with Gasteiger partial charge in [-0.1, -0.05) is 30.4 Å². The largest absolute Gasteiger partial charge is 0.298 e. The van der Waals surface area contributed by atoms with E-state index in [1.54, 1.807) is 0 Å². The van der Waals surface area contributed by atoms with Crippen LogP contribution in [0.25, 0.3) is 0 Å². The number of rotatable bonds is 1. The van der Waals surface area contributed by atoms with Gasteiger partial charge in [-0.3, -0.25) is 4.79 Å². The first-order chi connectivity index (χ1) is 6.31. The van der Waals surface area contributed by atoms with Gasteiger partial charge in [0, 0.05) is 5.92 Å². The molecule has 1 unspecified atom stereocenters. The first kappa shape index (κ1) is 8.24. The van der Waals surface area contributed by atoms with Crippen LogP contribution in [0.4, 0.5) is 0 Å². The van der Waals surface area contributed by atoms with Gasteiger partial charge in [0.2, 0.25) is 0 Å². The van der Waals surface area contributed by atoms with Crippen molar-refractivity contribution in [2.75, 3.05) is 0 Å². The van der Waals surface area contributed by atoms with Crippen molar-refractivity contribution in [3.05, 3.63) is 47.1 Å². The predicted molar refractivity (Wildman–Crippen MR) is 53.2 cm³/mol. The molecule has 66 valence electrons. The van der Waals surface area contributed by atoms with Gasteiger partial charge in [-0.05, 0) is 30.1 Å². The minimum Gasteiger partial charge on any atom is -0.298 e. The molecule has 13 heavy (non-hydrogen) atoms. The van der Waals surface area contributed by atoms with Crippen LogP contribution in [0, 0.1) is 5.92 Å². The van der Waals surface area contributed by atoms with Gasteiger partial charge < -0.3 is 0 Å². The summed E-state index contributed by atoms with van der Waals surface area (Å²) in [6.45, 7) is 2.06. The van der Waals surface area contributed by atoms with E-state index in [0.29, 0.717) is 5.92 Å². The highest BCUT2D eigenvalue weighted by atomic mass is 16.1. The highest BCUT2D eigenvalue weighted by Crippen LogP contribution is 2.32. The molecule has 0 aromatic heterocycles. The zero-order chi connectivity index (χ0) is 9.26. The fraction of sp³-hybridized carbons (Fsp3) is 0.250. The summed E-state index contributed by atoms with van der Waals surface area (Å²) in [5.74, 6) is 0.426. The fourth-order valence-corrected chi connectivity index (χ4v) is 1.94. The Morgan fingerprint density at radius 1 is 1.46 bits per heavy atom. The molecule has 0 aliphatic heterocycles. The SMILES string of the molecule is CC1=C2C=CC=CC2CC(C=O)=C1. The first-order valence-corrected chi connectivity index (χ1v) is 4.52. The zero-order valence-corrected chi connectivity index (χ0v) is 7.66. The van der Waals surface area contributed by atoms with E-state index in [-0.39, 0.29) is 0 Å². The summed E-state index contributed by atoms with van der Waals surface area (Å²) in [7, 11) is 0. The van der Waals surface area contributed by atoms with E-state index in [1.807, 2.05) is 6.08 Å². The van der Waals surface area contributed by atoms with Crippen molar-refractivity contribution in [2.45, 2.75) is 13.3 Å². The van der Waals surface area contributed by atoms with Gasteiger partial charge >= 0.3 is 0 Å². The van der Waals surface area contributed by atoms with Crippen LogP contribution in [0.5, 0.6) is 0 Å². The maximum Gasteiger partial charge on any atom is 0.146 e. The predicted octanol–water partition coefficient (Wildman–Crippen LogP) is 2.57. The van der Waals surface area contributed by atoms with Crippen molar-refractivity contribution >= 4 is 6.29 Å². The summed E-state index contributed by atoms with van der Waals surface area (Å²) in [6, 6.07) is 0. The number of aldehydes is 1. The lowest BCUT2D eigenvalue weighted by molar-refractivity contribution is -0.105. The zero-order valence-electron chi connectivity index (χ0n) is 7.66. The third-order valence-electron chi connectivity index (χ3n) is 2.59. The van der Waals surface area contributed by atoms with E-state index < -0.39 is 0 Å². The molecule has 0 N–H and O–H groups in total. The van der Waals surface area contributed by atoms with E-state index in [2.05, 4.69) is 31.2 Å². The monoisotopic (exact) mass is 172 g/mol. The van der Waals surface area contributed by atoms with Crippen LogP contribution >= 0.6 is 0 Å². The normalized spacial score (nSPS) is 25.6. The lowest BCUT2D eigenvalue weighted by atomic mass is 9.81. The molecule has 0 saturated heterocycles. The molecular formula is C12H12O. The van der Waals surface area contributed by atoms with Crippen molar-refractivity contribution in [1.29, 1.82) is 0 Å². The Hall–Kier alpha value is -1.37. The highest BCUT2D eigenvalue weighted by molar-refractivity contribution is 5.75. The van der Waals surface area contributed by atoms with Gasteiger partial charge in [0.15, 0.2) is 0 Å². The average molecular weight is 172 g/mol. The molecular weight excluding hydrogens is 160 g/mol. The quantitative estimate of drug-likeness (QED) is 0.555. The maximum absolute atomic E-state index is 10.6. The molecule has 0 spiro atoms. The van der Waals surface area contributed by atoms with Gasteiger partial charge in [-0.25, -0.2) is 0 Å². The highest BCUT2D eigenvalue weighted by Gasteiger charge is 2.18. The summed E-state index contributed by atoms with van der Waals surface area (Å²) in [4.78, 5) is 10.6. The number of fused-ring (bicyclic) bond motifs is 1. The Bertz CT molecular complexity index is 353. The Morgan fingerprint density at radius 3 is 3.08 bits per heavy atom. The van der Waals surface area contributed by atoms with Crippen molar-refractivity contribution < 1.29 is 4.79 Å². The van der Waals surface area contributed by atoms with Crippen LogP contribution in [-0.4, -0.2) is 6.29 Å². The lowest BCUT2D eigenvalue weighted by Crippen LogP contribution is -2.10. The van der Waals surface area contributed by atoms with Crippen LogP contribution < -0.4 is 0 Å². The summed E-state index contributed by atoms with van der Waals surface area (Å²) in [5, 5.41) is 0. The first-order valence-electron chi connectivity index (χ1n) is 4.52. The second kappa shape index (κ2) is 3.17. The summed E-state index contributed by atoms with van der Waals surface area (Å²) in [6.07, 6.45) is 12.2. The fourth-order valence-electron chi connectivity index (χ4n) is 1.94. The minimum absolute atomic E-state index is 0.426. The van der Waals surface area contributed by atoms with Crippen LogP contribution in [0.15, 0.2) is 47.1 Å². The van der Waals surface area contributed by atoms with Crippen molar-refractivity contribution in [2.24, 2.45) is 5.92 Å². The van der Waals surface area contributed by atoms with Gasteiger partial charge in [0.1, 0.15) is 6.29 Å². The number of allylic oxidation sites excluding steroid dienone is 8. The van der Waals surface area contributed by atoms with E-state index >= 15 is 0 Å². The lowest BCUT2D eigenvalue weighted by Gasteiger charge is -2.23. The van der Waals surface area contributed by atoms with Crippen LogP contribution in [-0.2, 0) is 4.79 Å². The van der Waals surface area contributed by atoms with E-state index in [9.17, 15) is 4.79 Å². The molecule has 0 heterocycles. The van der Waals surface area contributed by atoms with Crippen LogP contribution in [0.2, 0.25) is 0 Å². The maximum atomic E-state index is 10.6. The third-order valence-corrected chi connectivity index (χ3v) is 2.59. The Morgan fingerprint density at radius 2 is 2.31 bits per heavy atom. The Kier molecular flexibility index (Phi) is 2.01. The number of carbonyl (C=O) groups is 1. The Balaban J connectivity index is 2.42. The molecule has 0 aromatic carbocycles. The number of hydrogen-bond donors (Lipinski definition) is 0. The molecule has 0 saturated carbocycles. The molecule has 1 atom stereocenters. The summed E-state index contributed by atoms with van der Waals surface area (Å²) < 4.78 is 0. The summed E-state index contributed by atoms with van der Waals surface area (Å²) in [5.41, 5.74) is 3.48. The molecule has 2 aliphatic carbocycles. The topological polar surface area (TPSA) is 17.1 Å². The van der Waals surface area contributed by atoms with Gasteiger partial charge in [-0.15, -0.1) is 0 Å². The van der Waals surface area contributed by atoms with Crippen molar-refractivity contribution in [3.8, 4) is 0 Å². The molecule has 0 amide bonds. The second-order valence-corrected chi connectivity index (χ2v) is 3.53. The standard InChI is InChI=1S/C12H12O/c1-9-6-10(8-13)7-11-4-2-3-5-12(9)11/h2-6,8,11H,7H2,1H3. The molecule has 0 bridgehead atoms. The molecule has 1 nitrogen and oxygen atoms in total. The number of carbonyl (C=O) groups excluding carboxylic acids is 1. The van der Waals surface area contributed by atoms with Crippen molar-refractivity contribution in [3.63, 3.8) is 0 Å². The van der Waals surface area contributed by atoms with Gasteiger partial charge in [0.25, 0.3) is 0 Å². The molecule has 2 rings (SSSR count). The Labute approximate surface area is 78.1 Å². The van der Waals surface area contributed by atoms with Crippen LogP contribution in [0.3, 0.4) is 0 Å². The van der Waals surface area contributed by atoms with E-state index in [1.165, 1.54) is 11.1 Å². The van der Waals surface area contributed by atoms with Crippen LogP contribution in [0.1, 0.15) is 13.3 Å². The number of hydrogen-bond acceptors (Lipinski definition) is 1. The second-order valence-electron chi connectivity index (χ2n) is 3.53. The summed E-state index contributed by atoms with van der Waals surface area (Å²) >= 11 is 0. The molecule has 0 radical (unpaired) electrons. The van der Waals surface area contributed by atoms with Gasteiger partial charge in [0.05, 0.1) is 0 Å². The third kappa shape index (κ3) is 1.42.